The minimum atomic E-state index is -0.578. The third-order valence-corrected chi connectivity index (χ3v) is 3.84. The van der Waals surface area contributed by atoms with Gasteiger partial charge >= 0.3 is 5.97 Å². The zero-order valence-electron chi connectivity index (χ0n) is 11.7. The second kappa shape index (κ2) is 6.52. The molecule has 116 valence electrons. The molecule has 0 aliphatic heterocycles. The lowest BCUT2D eigenvalue weighted by Crippen LogP contribution is -2.26. The van der Waals surface area contributed by atoms with Crippen molar-refractivity contribution in [3.63, 3.8) is 0 Å². The molecule has 0 amide bonds. The Morgan fingerprint density at radius 2 is 2.09 bits per heavy atom. The van der Waals surface area contributed by atoms with Gasteiger partial charge in [0.25, 0.3) is 5.56 Å². The number of esters is 1. The van der Waals surface area contributed by atoms with E-state index in [4.69, 9.17) is 16.3 Å². The van der Waals surface area contributed by atoms with Crippen LogP contribution in [0.25, 0.3) is 10.9 Å². The van der Waals surface area contributed by atoms with Crippen LogP contribution in [0.2, 0.25) is 5.02 Å². The van der Waals surface area contributed by atoms with E-state index in [-0.39, 0.29) is 12.1 Å². The molecule has 2 aromatic carbocycles. The average Bonchev–Trinajstić information content (AvgIpc) is 2.50. The van der Waals surface area contributed by atoms with Gasteiger partial charge in [-0.25, -0.2) is 9.78 Å². The van der Waals surface area contributed by atoms with Crippen LogP contribution in [0, 0.1) is 0 Å². The molecule has 0 saturated heterocycles. The van der Waals surface area contributed by atoms with Crippen LogP contribution >= 0.6 is 27.5 Å². The highest BCUT2D eigenvalue weighted by Gasteiger charge is 2.10. The molecule has 0 saturated carbocycles. The van der Waals surface area contributed by atoms with E-state index in [1.807, 2.05) is 0 Å². The van der Waals surface area contributed by atoms with E-state index in [9.17, 15) is 9.59 Å². The maximum absolute atomic E-state index is 12.4. The van der Waals surface area contributed by atoms with Crippen LogP contribution < -0.4 is 10.3 Å². The van der Waals surface area contributed by atoms with Crippen molar-refractivity contribution in [3.8, 4) is 5.75 Å². The van der Waals surface area contributed by atoms with Crippen molar-refractivity contribution in [2.24, 2.45) is 0 Å². The Kier molecular flexibility index (Phi) is 4.45. The molecule has 0 atom stereocenters. The number of aromatic nitrogens is 2. The first-order chi connectivity index (χ1) is 11.0. The van der Waals surface area contributed by atoms with Crippen LogP contribution in [0.5, 0.6) is 5.75 Å². The standard InChI is InChI=1S/C16H10BrClN2O3/c17-10-4-5-14-13(6-10)16(22)20(9-19-14)8-15(21)23-12-3-1-2-11(18)7-12/h1-7,9H,8H2. The summed E-state index contributed by atoms with van der Waals surface area (Å²) in [6.45, 7) is -0.235. The summed E-state index contributed by atoms with van der Waals surface area (Å²) in [6, 6.07) is 11.7. The molecular weight excluding hydrogens is 384 g/mol. The molecule has 0 aliphatic carbocycles. The molecule has 5 nitrogen and oxygen atoms in total. The summed E-state index contributed by atoms with van der Waals surface area (Å²) in [5, 5.41) is 0.891. The first kappa shape index (κ1) is 15.7. The number of rotatable bonds is 3. The van der Waals surface area contributed by atoms with Gasteiger partial charge in [0.15, 0.2) is 0 Å². The molecule has 0 fully saturated rings. The van der Waals surface area contributed by atoms with Crippen molar-refractivity contribution < 1.29 is 9.53 Å². The Morgan fingerprint density at radius 3 is 2.87 bits per heavy atom. The lowest BCUT2D eigenvalue weighted by molar-refractivity contribution is -0.135. The molecule has 3 rings (SSSR count). The molecule has 0 unspecified atom stereocenters. The molecule has 0 spiro atoms. The van der Waals surface area contributed by atoms with Crippen LogP contribution in [0.4, 0.5) is 0 Å². The summed E-state index contributed by atoms with van der Waals surface area (Å²) in [5.41, 5.74) is 0.261. The van der Waals surface area contributed by atoms with Gasteiger partial charge in [-0.15, -0.1) is 0 Å². The van der Waals surface area contributed by atoms with Crippen molar-refractivity contribution >= 4 is 44.4 Å². The molecule has 0 bridgehead atoms. The van der Waals surface area contributed by atoms with Crippen molar-refractivity contribution in [1.82, 2.24) is 9.55 Å². The van der Waals surface area contributed by atoms with Gasteiger partial charge in [-0.1, -0.05) is 33.6 Å². The highest BCUT2D eigenvalue weighted by molar-refractivity contribution is 9.10. The third-order valence-electron chi connectivity index (χ3n) is 3.11. The Hall–Kier alpha value is -2.18. The van der Waals surface area contributed by atoms with Crippen LogP contribution in [-0.2, 0) is 11.3 Å². The second-order valence-electron chi connectivity index (χ2n) is 4.77. The van der Waals surface area contributed by atoms with Crippen molar-refractivity contribution in [2.45, 2.75) is 6.54 Å². The summed E-state index contributed by atoms with van der Waals surface area (Å²) in [4.78, 5) is 28.6. The van der Waals surface area contributed by atoms with Gasteiger partial charge < -0.3 is 4.74 Å². The van der Waals surface area contributed by atoms with Crippen molar-refractivity contribution in [3.05, 3.63) is 68.6 Å². The second-order valence-corrected chi connectivity index (χ2v) is 6.12. The molecule has 23 heavy (non-hydrogen) atoms. The van der Waals surface area contributed by atoms with Gasteiger partial charge in [0.1, 0.15) is 12.3 Å². The quantitative estimate of drug-likeness (QED) is 0.505. The number of nitrogens with zero attached hydrogens (tertiary/aromatic N) is 2. The zero-order valence-corrected chi connectivity index (χ0v) is 14.0. The maximum Gasteiger partial charge on any atom is 0.331 e. The van der Waals surface area contributed by atoms with E-state index >= 15 is 0 Å². The van der Waals surface area contributed by atoms with Gasteiger partial charge in [0, 0.05) is 9.50 Å². The minimum Gasteiger partial charge on any atom is -0.425 e. The molecule has 0 aliphatic rings. The van der Waals surface area contributed by atoms with Gasteiger partial charge in [-0.05, 0) is 36.4 Å². The fourth-order valence-corrected chi connectivity index (χ4v) is 2.62. The minimum absolute atomic E-state index is 0.235. The average molecular weight is 394 g/mol. The highest BCUT2D eigenvalue weighted by Crippen LogP contribution is 2.17. The molecule has 3 aromatic rings. The predicted octanol–water partition coefficient (Wildman–Crippen LogP) is 3.42. The molecule has 7 heteroatoms. The molecule has 1 aromatic heterocycles. The normalized spacial score (nSPS) is 10.7. The van der Waals surface area contributed by atoms with Crippen LogP contribution in [0.15, 0.2) is 58.1 Å². The Bertz CT molecular complexity index is 955. The number of hydrogen-bond acceptors (Lipinski definition) is 4. The van der Waals surface area contributed by atoms with E-state index in [0.29, 0.717) is 21.7 Å². The predicted molar refractivity (Wildman–Crippen MR) is 90.8 cm³/mol. The largest absolute Gasteiger partial charge is 0.425 e. The van der Waals surface area contributed by atoms with E-state index in [1.54, 1.807) is 36.4 Å². The monoisotopic (exact) mass is 392 g/mol. The Labute approximate surface area is 144 Å². The van der Waals surface area contributed by atoms with E-state index < -0.39 is 5.97 Å². The lowest BCUT2D eigenvalue weighted by Gasteiger charge is -2.07. The van der Waals surface area contributed by atoms with Crippen LogP contribution in [0.3, 0.4) is 0 Å². The van der Waals surface area contributed by atoms with Gasteiger partial charge in [-0.3, -0.25) is 9.36 Å². The summed E-state index contributed by atoms with van der Waals surface area (Å²) >= 11 is 9.15. The first-order valence-electron chi connectivity index (χ1n) is 6.64. The smallest absolute Gasteiger partial charge is 0.331 e. The maximum atomic E-state index is 12.4. The highest BCUT2D eigenvalue weighted by atomic mass is 79.9. The Morgan fingerprint density at radius 1 is 1.26 bits per heavy atom. The number of halogens is 2. The summed E-state index contributed by atoms with van der Waals surface area (Å²) in [5.74, 6) is -0.252. The number of fused-ring (bicyclic) bond motifs is 1. The van der Waals surface area contributed by atoms with Gasteiger partial charge in [-0.2, -0.15) is 0 Å². The van der Waals surface area contributed by atoms with Crippen LogP contribution in [0.1, 0.15) is 0 Å². The number of benzene rings is 2. The SMILES string of the molecule is O=C(Cn1cnc2ccc(Br)cc2c1=O)Oc1cccc(Cl)c1. The lowest BCUT2D eigenvalue weighted by atomic mass is 10.2. The number of carbonyl (C=O) groups excluding carboxylic acids is 1. The number of ether oxygens (including phenoxy) is 1. The van der Waals surface area contributed by atoms with E-state index in [0.717, 1.165) is 4.47 Å². The zero-order chi connectivity index (χ0) is 16.4. The molecule has 1 heterocycles. The van der Waals surface area contributed by atoms with Gasteiger partial charge in [0.05, 0.1) is 17.2 Å². The van der Waals surface area contributed by atoms with Crippen molar-refractivity contribution in [1.29, 1.82) is 0 Å². The first-order valence-corrected chi connectivity index (χ1v) is 7.81. The summed E-state index contributed by atoms with van der Waals surface area (Å²) in [6.07, 6.45) is 1.33. The fraction of sp³-hybridized carbons (Fsp3) is 0.0625. The van der Waals surface area contributed by atoms with E-state index in [2.05, 4.69) is 20.9 Å². The van der Waals surface area contributed by atoms with E-state index in [1.165, 1.54) is 17.0 Å². The summed E-state index contributed by atoms with van der Waals surface area (Å²) < 4.78 is 7.15. The third kappa shape index (κ3) is 3.60. The van der Waals surface area contributed by atoms with Crippen LogP contribution in [-0.4, -0.2) is 15.5 Å². The van der Waals surface area contributed by atoms with Gasteiger partial charge in [0.2, 0.25) is 0 Å². The molecule has 0 radical (unpaired) electrons. The number of carbonyl (C=O) groups is 1. The van der Waals surface area contributed by atoms with Crippen molar-refractivity contribution in [2.75, 3.05) is 0 Å². The number of hydrogen-bond donors (Lipinski definition) is 0. The Balaban J connectivity index is 1.85. The topological polar surface area (TPSA) is 61.2 Å². The fourth-order valence-electron chi connectivity index (χ4n) is 2.08. The summed E-state index contributed by atoms with van der Waals surface area (Å²) in [7, 11) is 0. The molecule has 0 N–H and O–H groups in total. The molecular formula is C16H10BrClN2O3.